The normalized spacial score (nSPS) is 10.7. The zero-order valence-electron chi connectivity index (χ0n) is 12.7. The number of rotatable bonds is 7. The Morgan fingerprint density at radius 2 is 1.61 bits per heavy atom. The molecule has 2 heteroatoms. The molecular formula is C16H28N2. The highest BCUT2D eigenvalue weighted by atomic mass is 15.2. The van der Waals surface area contributed by atoms with Gasteiger partial charge in [-0.1, -0.05) is 26.7 Å². The van der Waals surface area contributed by atoms with Crippen molar-refractivity contribution < 1.29 is 0 Å². The maximum Gasteiger partial charge on any atom is 0.132 e. The standard InChI is InChI=1S/C16H28N2/c1-6-10-14-12-13(5)15(11-7-2)16(17-14)18(8-3)9-4/h12H,6-11H2,1-5H3. The molecule has 0 spiro atoms. The summed E-state index contributed by atoms with van der Waals surface area (Å²) in [5.41, 5.74) is 4.11. The first kappa shape index (κ1) is 15.0. The Kier molecular flexibility index (Phi) is 6.17. The van der Waals surface area contributed by atoms with Gasteiger partial charge in [0, 0.05) is 18.8 Å². The van der Waals surface area contributed by atoms with E-state index in [-0.39, 0.29) is 0 Å². The number of nitrogens with zero attached hydrogens (tertiary/aromatic N) is 2. The third kappa shape index (κ3) is 3.47. The van der Waals surface area contributed by atoms with Crippen LogP contribution in [0, 0.1) is 6.92 Å². The van der Waals surface area contributed by atoms with E-state index in [2.05, 4.69) is 45.6 Å². The first-order valence-electron chi connectivity index (χ1n) is 7.42. The molecule has 0 aromatic carbocycles. The first-order valence-corrected chi connectivity index (χ1v) is 7.42. The number of hydrogen-bond donors (Lipinski definition) is 0. The largest absolute Gasteiger partial charge is 0.357 e. The molecule has 0 saturated carbocycles. The van der Waals surface area contributed by atoms with Crippen LogP contribution in [-0.4, -0.2) is 18.1 Å². The van der Waals surface area contributed by atoms with Crippen molar-refractivity contribution in [2.75, 3.05) is 18.0 Å². The molecule has 0 aliphatic carbocycles. The van der Waals surface area contributed by atoms with Crippen molar-refractivity contribution in [3.63, 3.8) is 0 Å². The summed E-state index contributed by atoms with van der Waals surface area (Å²) in [5, 5.41) is 0. The Labute approximate surface area is 112 Å². The molecule has 0 amide bonds. The number of aromatic nitrogens is 1. The van der Waals surface area contributed by atoms with Gasteiger partial charge in [0.2, 0.25) is 0 Å². The lowest BCUT2D eigenvalue weighted by Crippen LogP contribution is -2.25. The van der Waals surface area contributed by atoms with Crippen molar-refractivity contribution in [1.29, 1.82) is 0 Å². The number of pyridine rings is 1. The summed E-state index contributed by atoms with van der Waals surface area (Å²) < 4.78 is 0. The molecule has 18 heavy (non-hydrogen) atoms. The summed E-state index contributed by atoms with van der Waals surface area (Å²) in [4.78, 5) is 7.30. The molecule has 2 nitrogen and oxygen atoms in total. The topological polar surface area (TPSA) is 16.1 Å². The molecule has 0 bridgehead atoms. The van der Waals surface area contributed by atoms with E-state index < -0.39 is 0 Å². The molecule has 0 fully saturated rings. The fourth-order valence-corrected chi connectivity index (χ4v) is 2.48. The highest BCUT2D eigenvalue weighted by Gasteiger charge is 2.13. The molecule has 0 unspecified atom stereocenters. The minimum atomic E-state index is 1.04. The third-order valence-electron chi connectivity index (χ3n) is 3.45. The minimum absolute atomic E-state index is 1.04. The molecule has 1 rings (SSSR count). The van der Waals surface area contributed by atoms with Gasteiger partial charge in [-0.25, -0.2) is 4.98 Å². The van der Waals surface area contributed by atoms with Crippen molar-refractivity contribution in [2.24, 2.45) is 0 Å². The van der Waals surface area contributed by atoms with Gasteiger partial charge < -0.3 is 4.90 Å². The van der Waals surface area contributed by atoms with Gasteiger partial charge in [-0.3, -0.25) is 0 Å². The molecule has 0 aliphatic heterocycles. The fraction of sp³-hybridized carbons (Fsp3) is 0.688. The third-order valence-corrected chi connectivity index (χ3v) is 3.45. The SMILES string of the molecule is CCCc1cc(C)c(CCC)c(N(CC)CC)n1. The molecule has 1 aromatic rings. The molecule has 1 aromatic heterocycles. The Bertz CT molecular complexity index is 368. The lowest BCUT2D eigenvalue weighted by molar-refractivity contribution is 0.795. The van der Waals surface area contributed by atoms with Gasteiger partial charge in [-0.05, 0) is 50.8 Å². The summed E-state index contributed by atoms with van der Waals surface area (Å²) in [5.74, 6) is 1.23. The van der Waals surface area contributed by atoms with E-state index in [9.17, 15) is 0 Å². The van der Waals surface area contributed by atoms with Crippen molar-refractivity contribution in [1.82, 2.24) is 4.98 Å². The van der Waals surface area contributed by atoms with Crippen LogP contribution in [0.4, 0.5) is 5.82 Å². The van der Waals surface area contributed by atoms with Crippen LogP contribution in [-0.2, 0) is 12.8 Å². The number of anilines is 1. The zero-order chi connectivity index (χ0) is 13.5. The van der Waals surface area contributed by atoms with Gasteiger partial charge in [0.15, 0.2) is 0 Å². The van der Waals surface area contributed by atoms with Crippen LogP contribution in [0.1, 0.15) is 57.4 Å². The van der Waals surface area contributed by atoms with Crippen molar-refractivity contribution in [3.05, 3.63) is 22.9 Å². The lowest BCUT2D eigenvalue weighted by Gasteiger charge is -2.25. The fourth-order valence-electron chi connectivity index (χ4n) is 2.48. The van der Waals surface area contributed by atoms with E-state index in [0.717, 1.165) is 32.4 Å². The summed E-state index contributed by atoms with van der Waals surface area (Å²) in [6.45, 7) is 13.2. The van der Waals surface area contributed by atoms with Crippen LogP contribution >= 0.6 is 0 Å². The molecule has 1 heterocycles. The summed E-state index contributed by atoms with van der Waals surface area (Å²) in [6, 6.07) is 2.28. The Morgan fingerprint density at radius 3 is 2.11 bits per heavy atom. The molecular weight excluding hydrogens is 220 g/mol. The summed E-state index contributed by atoms with van der Waals surface area (Å²) in [7, 11) is 0. The van der Waals surface area contributed by atoms with Crippen LogP contribution in [0.3, 0.4) is 0 Å². The van der Waals surface area contributed by atoms with Gasteiger partial charge in [-0.15, -0.1) is 0 Å². The van der Waals surface area contributed by atoms with E-state index in [4.69, 9.17) is 4.98 Å². The second kappa shape index (κ2) is 7.40. The smallest absolute Gasteiger partial charge is 0.132 e. The number of aryl methyl sites for hydroxylation is 2. The van der Waals surface area contributed by atoms with E-state index >= 15 is 0 Å². The van der Waals surface area contributed by atoms with E-state index in [1.807, 2.05) is 0 Å². The maximum atomic E-state index is 4.91. The quantitative estimate of drug-likeness (QED) is 0.721. The number of hydrogen-bond acceptors (Lipinski definition) is 2. The van der Waals surface area contributed by atoms with Gasteiger partial charge >= 0.3 is 0 Å². The van der Waals surface area contributed by atoms with Crippen LogP contribution in [0.2, 0.25) is 0 Å². The second-order valence-electron chi connectivity index (χ2n) is 4.90. The van der Waals surface area contributed by atoms with Crippen molar-refractivity contribution >= 4 is 5.82 Å². The summed E-state index contributed by atoms with van der Waals surface area (Å²) in [6.07, 6.45) is 4.57. The second-order valence-corrected chi connectivity index (χ2v) is 4.90. The predicted molar refractivity (Wildman–Crippen MR) is 80.5 cm³/mol. The monoisotopic (exact) mass is 248 g/mol. The molecule has 102 valence electrons. The summed E-state index contributed by atoms with van der Waals surface area (Å²) >= 11 is 0. The average molecular weight is 248 g/mol. The van der Waals surface area contributed by atoms with Crippen LogP contribution in [0.25, 0.3) is 0 Å². The first-order chi connectivity index (χ1) is 8.67. The van der Waals surface area contributed by atoms with Crippen LogP contribution < -0.4 is 4.90 Å². The minimum Gasteiger partial charge on any atom is -0.357 e. The highest BCUT2D eigenvalue weighted by molar-refractivity contribution is 5.51. The van der Waals surface area contributed by atoms with E-state index in [1.54, 1.807) is 0 Å². The Morgan fingerprint density at radius 1 is 1.00 bits per heavy atom. The Balaban J connectivity index is 3.22. The Hall–Kier alpha value is -1.05. The molecule has 0 radical (unpaired) electrons. The molecule has 0 saturated heterocycles. The van der Waals surface area contributed by atoms with Gasteiger partial charge in [0.25, 0.3) is 0 Å². The predicted octanol–water partition coefficient (Wildman–Crippen LogP) is 4.14. The maximum absolute atomic E-state index is 4.91. The molecule has 0 N–H and O–H groups in total. The molecule has 0 aliphatic rings. The lowest BCUT2D eigenvalue weighted by atomic mass is 10.0. The van der Waals surface area contributed by atoms with Crippen LogP contribution in [0.5, 0.6) is 0 Å². The van der Waals surface area contributed by atoms with E-state index in [1.165, 1.54) is 29.1 Å². The van der Waals surface area contributed by atoms with Crippen molar-refractivity contribution in [2.45, 2.75) is 60.3 Å². The average Bonchev–Trinajstić information content (AvgIpc) is 2.35. The highest BCUT2D eigenvalue weighted by Crippen LogP contribution is 2.24. The van der Waals surface area contributed by atoms with Gasteiger partial charge in [0.1, 0.15) is 5.82 Å². The molecule has 0 atom stereocenters. The van der Waals surface area contributed by atoms with E-state index in [0.29, 0.717) is 0 Å². The van der Waals surface area contributed by atoms with Gasteiger partial charge in [-0.2, -0.15) is 0 Å². The van der Waals surface area contributed by atoms with Crippen molar-refractivity contribution in [3.8, 4) is 0 Å². The zero-order valence-corrected chi connectivity index (χ0v) is 12.7. The van der Waals surface area contributed by atoms with Gasteiger partial charge in [0.05, 0.1) is 0 Å². The van der Waals surface area contributed by atoms with Crippen LogP contribution in [0.15, 0.2) is 6.07 Å².